The minimum atomic E-state index is -0.213. The second-order valence-corrected chi connectivity index (χ2v) is 6.21. The zero-order valence-corrected chi connectivity index (χ0v) is 15.2. The predicted octanol–water partition coefficient (Wildman–Crippen LogP) is 3.34. The lowest BCUT2D eigenvalue weighted by atomic mass is 10.1. The summed E-state index contributed by atoms with van der Waals surface area (Å²) < 4.78 is 23.8. The second-order valence-electron chi connectivity index (χ2n) is 5.82. The molecule has 0 N–H and O–H groups in total. The number of benzene rings is 2. The average molecular weight is 360 g/mol. The van der Waals surface area contributed by atoms with Crippen LogP contribution in [0.5, 0.6) is 11.5 Å². The van der Waals surface area contributed by atoms with Crippen LogP contribution in [0.15, 0.2) is 42.5 Å². The minimum Gasteiger partial charge on any atom is -0.497 e. The Kier molecular flexibility index (Phi) is 5.38. The highest BCUT2D eigenvalue weighted by molar-refractivity contribution is 7.80. The second kappa shape index (κ2) is 7.70. The maximum absolute atomic E-state index is 13.1. The van der Waals surface area contributed by atoms with Crippen molar-refractivity contribution in [3.63, 3.8) is 0 Å². The fourth-order valence-corrected chi connectivity index (χ4v) is 3.32. The molecule has 0 atom stereocenters. The van der Waals surface area contributed by atoms with Crippen LogP contribution in [0.1, 0.15) is 5.56 Å². The number of hydrogen-bond acceptors (Lipinski definition) is 4. The smallest absolute Gasteiger partial charge is 0.132 e. The quantitative estimate of drug-likeness (QED) is 0.779. The number of nitrogens with zero attached hydrogens (tertiary/aromatic N) is 2. The van der Waals surface area contributed by atoms with Crippen LogP contribution >= 0.6 is 12.2 Å². The van der Waals surface area contributed by atoms with Gasteiger partial charge in [-0.2, -0.15) is 0 Å². The van der Waals surface area contributed by atoms with E-state index < -0.39 is 0 Å². The lowest BCUT2D eigenvalue weighted by Crippen LogP contribution is -2.48. The van der Waals surface area contributed by atoms with Crippen LogP contribution in [0.3, 0.4) is 0 Å². The molecule has 1 saturated heterocycles. The zero-order chi connectivity index (χ0) is 17.8. The summed E-state index contributed by atoms with van der Waals surface area (Å²) in [5.74, 6) is 1.24. The van der Waals surface area contributed by atoms with Crippen LogP contribution < -0.4 is 14.4 Å². The molecule has 1 heterocycles. The van der Waals surface area contributed by atoms with Crippen molar-refractivity contribution in [3.8, 4) is 11.5 Å². The summed E-state index contributed by atoms with van der Waals surface area (Å²) in [5, 5.41) is 0. The first kappa shape index (κ1) is 17.5. The van der Waals surface area contributed by atoms with E-state index in [0.717, 1.165) is 48.2 Å². The van der Waals surface area contributed by atoms with Gasteiger partial charge in [0.25, 0.3) is 0 Å². The van der Waals surface area contributed by atoms with E-state index in [1.165, 1.54) is 12.1 Å². The van der Waals surface area contributed by atoms with E-state index in [2.05, 4.69) is 9.80 Å². The monoisotopic (exact) mass is 360 g/mol. The van der Waals surface area contributed by atoms with Crippen LogP contribution in [0.4, 0.5) is 10.1 Å². The minimum absolute atomic E-state index is 0.213. The molecule has 3 rings (SSSR count). The van der Waals surface area contributed by atoms with E-state index in [1.807, 2.05) is 30.3 Å². The SMILES string of the molecule is COc1ccc(C(=S)N2CCN(c3ccc(F)cc3)CC2)c(OC)c1. The van der Waals surface area contributed by atoms with Crippen LogP contribution in [0.2, 0.25) is 0 Å². The van der Waals surface area contributed by atoms with Crippen LogP contribution in [0.25, 0.3) is 0 Å². The van der Waals surface area contributed by atoms with Gasteiger partial charge in [0.2, 0.25) is 0 Å². The molecule has 4 nitrogen and oxygen atoms in total. The summed E-state index contributed by atoms with van der Waals surface area (Å²) in [7, 11) is 3.26. The molecule has 25 heavy (non-hydrogen) atoms. The predicted molar refractivity (Wildman–Crippen MR) is 101 cm³/mol. The summed E-state index contributed by atoms with van der Waals surface area (Å²) in [4.78, 5) is 5.20. The van der Waals surface area contributed by atoms with Crippen molar-refractivity contribution in [1.29, 1.82) is 0 Å². The topological polar surface area (TPSA) is 24.9 Å². The molecule has 1 fully saturated rings. The number of anilines is 1. The number of thiocarbonyl (C=S) groups is 1. The van der Waals surface area contributed by atoms with Crippen molar-refractivity contribution in [2.45, 2.75) is 0 Å². The standard InChI is InChI=1S/C19H21FN2O2S/c1-23-16-7-8-17(18(13-16)24-2)19(25)22-11-9-21(10-12-22)15-5-3-14(20)4-6-15/h3-8,13H,9-12H2,1-2H3. The number of methoxy groups -OCH3 is 2. The highest BCUT2D eigenvalue weighted by Crippen LogP contribution is 2.27. The molecule has 0 spiro atoms. The summed E-state index contributed by atoms with van der Waals surface area (Å²) in [6.07, 6.45) is 0. The molecule has 0 bridgehead atoms. The molecule has 0 saturated carbocycles. The molecule has 0 aromatic heterocycles. The Morgan fingerprint density at radius 3 is 2.24 bits per heavy atom. The van der Waals surface area contributed by atoms with Crippen LogP contribution in [0, 0.1) is 5.82 Å². The van der Waals surface area contributed by atoms with Crippen LogP contribution in [-0.2, 0) is 0 Å². The first-order valence-corrected chi connectivity index (χ1v) is 8.55. The normalized spacial score (nSPS) is 14.4. The maximum atomic E-state index is 13.1. The highest BCUT2D eigenvalue weighted by Gasteiger charge is 2.22. The third-order valence-electron chi connectivity index (χ3n) is 4.40. The molecule has 132 valence electrons. The largest absolute Gasteiger partial charge is 0.497 e. The number of piperazine rings is 1. The van der Waals surface area contributed by atoms with Crippen molar-refractivity contribution in [3.05, 3.63) is 53.8 Å². The number of hydrogen-bond donors (Lipinski definition) is 0. The van der Waals surface area contributed by atoms with Crippen LogP contribution in [-0.4, -0.2) is 50.3 Å². The van der Waals surface area contributed by atoms with Crippen molar-refractivity contribution < 1.29 is 13.9 Å². The van der Waals surface area contributed by atoms with Gasteiger partial charge in [0.05, 0.1) is 19.8 Å². The molecular weight excluding hydrogens is 339 g/mol. The Morgan fingerprint density at radius 2 is 1.64 bits per heavy atom. The average Bonchev–Trinajstić information content (AvgIpc) is 2.67. The van der Waals surface area contributed by atoms with Gasteiger partial charge >= 0.3 is 0 Å². The molecule has 0 radical (unpaired) electrons. The van der Waals surface area contributed by atoms with Gasteiger partial charge in [-0.05, 0) is 36.4 Å². The van der Waals surface area contributed by atoms with Crippen molar-refractivity contribution >= 4 is 22.9 Å². The number of ether oxygens (including phenoxy) is 2. The van der Waals surface area contributed by atoms with Crippen molar-refractivity contribution in [1.82, 2.24) is 4.90 Å². The summed E-state index contributed by atoms with van der Waals surface area (Å²) in [5.41, 5.74) is 1.93. The molecular formula is C19H21FN2O2S. The first-order valence-electron chi connectivity index (χ1n) is 8.14. The maximum Gasteiger partial charge on any atom is 0.132 e. The van der Waals surface area contributed by atoms with E-state index in [-0.39, 0.29) is 5.82 Å². The Morgan fingerprint density at radius 1 is 0.960 bits per heavy atom. The molecule has 2 aromatic rings. The lowest BCUT2D eigenvalue weighted by molar-refractivity contribution is 0.382. The van der Waals surface area contributed by atoms with Gasteiger partial charge in [0.1, 0.15) is 22.3 Å². The molecule has 0 aliphatic carbocycles. The Labute approximate surface area is 152 Å². The van der Waals surface area contributed by atoms with Gasteiger partial charge in [-0.1, -0.05) is 12.2 Å². The van der Waals surface area contributed by atoms with Gasteiger partial charge in [-0.15, -0.1) is 0 Å². The highest BCUT2D eigenvalue weighted by atomic mass is 32.1. The van der Waals surface area contributed by atoms with E-state index in [1.54, 1.807) is 14.2 Å². The molecule has 2 aromatic carbocycles. The number of halogens is 1. The lowest BCUT2D eigenvalue weighted by Gasteiger charge is -2.37. The fourth-order valence-electron chi connectivity index (χ4n) is 2.97. The Bertz CT molecular complexity index is 744. The molecule has 0 amide bonds. The van der Waals surface area contributed by atoms with E-state index >= 15 is 0 Å². The summed E-state index contributed by atoms with van der Waals surface area (Å²) in [6, 6.07) is 12.3. The Hall–Kier alpha value is -2.34. The fraction of sp³-hybridized carbons (Fsp3) is 0.316. The first-order chi connectivity index (χ1) is 12.1. The molecule has 6 heteroatoms. The van der Waals surface area contributed by atoms with Crippen molar-refractivity contribution in [2.24, 2.45) is 0 Å². The molecule has 1 aliphatic heterocycles. The van der Waals surface area contributed by atoms with Gasteiger partial charge in [0.15, 0.2) is 0 Å². The van der Waals surface area contributed by atoms with Gasteiger partial charge in [-0.3, -0.25) is 0 Å². The van der Waals surface area contributed by atoms with E-state index in [9.17, 15) is 4.39 Å². The molecule has 1 aliphatic rings. The van der Waals surface area contributed by atoms with E-state index in [0.29, 0.717) is 5.75 Å². The van der Waals surface area contributed by atoms with Gasteiger partial charge < -0.3 is 19.3 Å². The summed E-state index contributed by atoms with van der Waals surface area (Å²) in [6.45, 7) is 3.30. The van der Waals surface area contributed by atoms with Gasteiger partial charge in [0, 0.05) is 37.9 Å². The van der Waals surface area contributed by atoms with Crippen molar-refractivity contribution in [2.75, 3.05) is 45.3 Å². The third-order valence-corrected chi connectivity index (χ3v) is 4.88. The Balaban J connectivity index is 1.68. The zero-order valence-electron chi connectivity index (χ0n) is 14.4. The number of rotatable bonds is 4. The summed E-state index contributed by atoms with van der Waals surface area (Å²) >= 11 is 5.68. The third kappa shape index (κ3) is 3.85. The van der Waals surface area contributed by atoms with Gasteiger partial charge in [-0.25, -0.2) is 4.39 Å². The van der Waals surface area contributed by atoms with E-state index in [4.69, 9.17) is 21.7 Å². The molecule has 0 unspecified atom stereocenters.